The van der Waals surface area contributed by atoms with Gasteiger partial charge in [0.15, 0.2) is 5.82 Å². The molecule has 0 saturated carbocycles. The number of hydrogen-bond donors (Lipinski definition) is 0. The lowest BCUT2D eigenvalue weighted by atomic mass is 10.2. The Bertz CT molecular complexity index is 1050. The zero-order valence-electron chi connectivity index (χ0n) is 14.6. The number of alkyl halides is 2. The third kappa shape index (κ3) is 3.54. The molecular weight excluding hydrogens is 370 g/mol. The van der Waals surface area contributed by atoms with Crippen LogP contribution in [0.2, 0.25) is 0 Å². The molecular formula is C17H14F2N8O. The van der Waals surface area contributed by atoms with E-state index in [4.69, 9.17) is 4.74 Å². The molecule has 0 N–H and O–H groups in total. The highest BCUT2D eigenvalue weighted by molar-refractivity contribution is 5.56. The van der Waals surface area contributed by atoms with Crippen LogP contribution in [0.4, 0.5) is 8.78 Å². The van der Waals surface area contributed by atoms with Crippen LogP contribution in [-0.2, 0) is 13.7 Å². The van der Waals surface area contributed by atoms with Gasteiger partial charge in [0.25, 0.3) is 6.43 Å². The first-order chi connectivity index (χ1) is 13.6. The average molecular weight is 384 g/mol. The Kier molecular flexibility index (Phi) is 4.70. The minimum absolute atomic E-state index is 0.104. The van der Waals surface area contributed by atoms with E-state index in [9.17, 15) is 8.78 Å². The van der Waals surface area contributed by atoms with Gasteiger partial charge in [0.05, 0.1) is 5.69 Å². The first-order valence-electron chi connectivity index (χ1n) is 8.21. The van der Waals surface area contributed by atoms with Gasteiger partial charge in [-0.05, 0) is 24.3 Å². The van der Waals surface area contributed by atoms with Crippen LogP contribution in [0.5, 0.6) is 5.88 Å². The molecule has 4 heterocycles. The summed E-state index contributed by atoms with van der Waals surface area (Å²) < 4.78 is 34.2. The molecule has 0 spiro atoms. The van der Waals surface area contributed by atoms with E-state index in [1.54, 1.807) is 42.3 Å². The fourth-order valence-electron chi connectivity index (χ4n) is 2.47. The third-order valence-electron chi connectivity index (χ3n) is 3.95. The van der Waals surface area contributed by atoms with E-state index >= 15 is 0 Å². The molecule has 4 rings (SSSR count). The molecule has 9 nitrogen and oxygen atoms in total. The molecule has 0 radical (unpaired) electrons. The largest absolute Gasteiger partial charge is 0.470 e. The Morgan fingerprint density at radius 3 is 2.64 bits per heavy atom. The van der Waals surface area contributed by atoms with E-state index in [1.165, 1.54) is 16.8 Å². The Hall–Kier alpha value is -3.76. The van der Waals surface area contributed by atoms with Gasteiger partial charge in [-0.15, -0.1) is 15.3 Å². The molecule has 11 heteroatoms. The molecule has 0 saturated heterocycles. The fraction of sp³-hybridized carbons (Fsp3) is 0.176. The molecule has 28 heavy (non-hydrogen) atoms. The van der Waals surface area contributed by atoms with Crippen LogP contribution in [0.25, 0.3) is 17.2 Å². The van der Waals surface area contributed by atoms with Gasteiger partial charge in [-0.25, -0.2) is 18.1 Å². The molecule has 0 aliphatic carbocycles. The average Bonchev–Trinajstić information content (AvgIpc) is 3.37. The van der Waals surface area contributed by atoms with Crippen molar-refractivity contribution in [2.75, 3.05) is 0 Å². The number of pyridine rings is 1. The number of aromatic nitrogens is 8. The number of halogens is 2. The van der Waals surface area contributed by atoms with Crippen LogP contribution in [0.1, 0.15) is 17.7 Å². The van der Waals surface area contributed by atoms with Crippen molar-refractivity contribution in [1.29, 1.82) is 0 Å². The first-order valence-corrected chi connectivity index (χ1v) is 8.21. The zero-order valence-corrected chi connectivity index (χ0v) is 14.6. The van der Waals surface area contributed by atoms with E-state index in [0.717, 1.165) is 6.20 Å². The number of aryl methyl sites for hydroxylation is 1. The molecule has 4 aromatic heterocycles. The van der Waals surface area contributed by atoms with Gasteiger partial charge in [0, 0.05) is 37.3 Å². The Balaban J connectivity index is 1.50. The van der Waals surface area contributed by atoms with Crippen LogP contribution in [-0.4, -0.2) is 40.0 Å². The Morgan fingerprint density at radius 1 is 1.11 bits per heavy atom. The van der Waals surface area contributed by atoms with Gasteiger partial charge in [-0.1, -0.05) is 5.21 Å². The van der Waals surface area contributed by atoms with Gasteiger partial charge >= 0.3 is 0 Å². The van der Waals surface area contributed by atoms with Gasteiger partial charge in [0.1, 0.15) is 18.0 Å². The van der Waals surface area contributed by atoms with Gasteiger partial charge in [-0.3, -0.25) is 4.98 Å². The van der Waals surface area contributed by atoms with Crippen molar-refractivity contribution >= 4 is 0 Å². The minimum atomic E-state index is -2.57. The first kappa shape index (κ1) is 17.6. The van der Waals surface area contributed by atoms with E-state index in [2.05, 4.69) is 30.6 Å². The lowest BCUT2D eigenvalue weighted by Crippen LogP contribution is -2.07. The molecule has 0 amide bonds. The summed E-state index contributed by atoms with van der Waals surface area (Å²) >= 11 is 0. The van der Waals surface area contributed by atoms with E-state index in [-0.39, 0.29) is 12.2 Å². The van der Waals surface area contributed by atoms with Crippen molar-refractivity contribution in [3.8, 4) is 23.1 Å². The number of hydrogen-bond acceptors (Lipinski definition) is 7. The van der Waals surface area contributed by atoms with Crippen molar-refractivity contribution < 1.29 is 13.5 Å². The molecule has 0 bridgehead atoms. The van der Waals surface area contributed by atoms with Crippen molar-refractivity contribution in [3.63, 3.8) is 0 Å². The quantitative estimate of drug-likeness (QED) is 0.503. The van der Waals surface area contributed by atoms with E-state index in [1.807, 2.05) is 0 Å². The van der Waals surface area contributed by atoms with Crippen LogP contribution in [0, 0.1) is 0 Å². The Labute approximate surface area is 157 Å². The summed E-state index contributed by atoms with van der Waals surface area (Å²) in [4.78, 5) is 4.05. The summed E-state index contributed by atoms with van der Waals surface area (Å²) in [6.45, 7) is 0.104. The van der Waals surface area contributed by atoms with Crippen LogP contribution in [0.3, 0.4) is 0 Å². The smallest absolute Gasteiger partial charge is 0.265 e. The van der Waals surface area contributed by atoms with Crippen LogP contribution < -0.4 is 4.74 Å². The SMILES string of the molecule is Cn1nnc(-c2ccc(C(F)F)cn2)c1COc1ccc(-n2cccn2)nn1. The summed E-state index contributed by atoms with van der Waals surface area (Å²) in [6.07, 6.45) is 1.95. The maximum Gasteiger partial charge on any atom is 0.265 e. The summed E-state index contributed by atoms with van der Waals surface area (Å²) in [6, 6.07) is 7.97. The van der Waals surface area contributed by atoms with Crippen molar-refractivity contribution in [3.05, 3.63) is 60.2 Å². The highest BCUT2D eigenvalue weighted by Crippen LogP contribution is 2.23. The fourth-order valence-corrected chi connectivity index (χ4v) is 2.47. The van der Waals surface area contributed by atoms with E-state index < -0.39 is 6.43 Å². The second-order valence-electron chi connectivity index (χ2n) is 5.75. The molecule has 0 fully saturated rings. The summed E-state index contributed by atoms with van der Waals surface area (Å²) in [5, 5.41) is 20.2. The van der Waals surface area contributed by atoms with Crippen LogP contribution >= 0.6 is 0 Å². The second-order valence-corrected chi connectivity index (χ2v) is 5.75. The van der Waals surface area contributed by atoms with Gasteiger partial charge < -0.3 is 4.74 Å². The summed E-state index contributed by atoms with van der Waals surface area (Å²) in [5.41, 5.74) is 1.34. The molecule has 0 aromatic carbocycles. The minimum Gasteiger partial charge on any atom is -0.470 e. The van der Waals surface area contributed by atoms with Crippen molar-refractivity contribution in [2.24, 2.45) is 7.05 Å². The van der Waals surface area contributed by atoms with E-state index in [0.29, 0.717) is 28.8 Å². The van der Waals surface area contributed by atoms with Gasteiger partial charge in [0.2, 0.25) is 5.88 Å². The summed E-state index contributed by atoms with van der Waals surface area (Å²) in [7, 11) is 1.70. The monoisotopic (exact) mass is 384 g/mol. The molecule has 0 aliphatic heterocycles. The molecule has 0 unspecified atom stereocenters. The predicted molar refractivity (Wildman–Crippen MR) is 92.7 cm³/mol. The standard InChI is InChI=1S/C17H14F2N8O/c1-26-13(16(24-25-26)12-4-3-11(9-20-12)17(18)19)10-28-15-6-5-14(22-23-15)27-8-2-7-21-27/h2-9,17H,10H2,1H3. The number of nitrogens with zero attached hydrogens (tertiary/aromatic N) is 8. The Morgan fingerprint density at radius 2 is 2.00 bits per heavy atom. The molecule has 0 atom stereocenters. The summed E-state index contributed by atoms with van der Waals surface area (Å²) in [5.74, 6) is 0.868. The van der Waals surface area contributed by atoms with Crippen LogP contribution in [0.15, 0.2) is 48.9 Å². The number of rotatable bonds is 6. The molecule has 0 aliphatic rings. The highest BCUT2D eigenvalue weighted by Gasteiger charge is 2.16. The maximum absolute atomic E-state index is 12.7. The highest BCUT2D eigenvalue weighted by atomic mass is 19.3. The zero-order chi connectivity index (χ0) is 19.5. The number of ether oxygens (including phenoxy) is 1. The second kappa shape index (κ2) is 7.47. The lowest BCUT2D eigenvalue weighted by molar-refractivity contribution is 0.151. The lowest BCUT2D eigenvalue weighted by Gasteiger charge is -2.07. The molecule has 4 aromatic rings. The van der Waals surface area contributed by atoms with Crippen molar-refractivity contribution in [1.82, 2.24) is 40.0 Å². The predicted octanol–water partition coefficient (Wildman–Crippen LogP) is 2.37. The topological polar surface area (TPSA) is 96.4 Å². The van der Waals surface area contributed by atoms with Crippen molar-refractivity contribution in [2.45, 2.75) is 13.0 Å². The molecule has 142 valence electrons. The normalized spacial score (nSPS) is 11.1. The maximum atomic E-state index is 12.7. The third-order valence-corrected chi connectivity index (χ3v) is 3.95. The van der Waals surface area contributed by atoms with Gasteiger partial charge in [-0.2, -0.15) is 5.10 Å².